The van der Waals surface area contributed by atoms with E-state index in [-0.39, 0.29) is 18.0 Å². The molecule has 2 aromatic heterocycles. The van der Waals surface area contributed by atoms with Crippen LogP contribution in [0.15, 0.2) is 53.6 Å². The molecule has 4 rings (SSSR count). The van der Waals surface area contributed by atoms with Crippen LogP contribution in [0.1, 0.15) is 11.1 Å². The molecule has 2 aromatic carbocycles. The molecule has 0 saturated carbocycles. The highest BCUT2D eigenvalue weighted by Crippen LogP contribution is 2.22. The van der Waals surface area contributed by atoms with E-state index in [1.165, 1.54) is 10.9 Å². The first-order valence-electron chi connectivity index (χ1n) is 8.36. The van der Waals surface area contributed by atoms with Crippen LogP contribution in [0.2, 0.25) is 0 Å². The Morgan fingerprint density at radius 2 is 2.00 bits per heavy atom. The van der Waals surface area contributed by atoms with Crippen molar-refractivity contribution < 1.29 is 4.79 Å². The van der Waals surface area contributed by atoms with Crippen LogP contribution < -0.4 is 10.9 Å². The Hall–Kier alpha value is -3.41. The number of para-hydroxylation sites is 1. The van der Waals surface area contributed by atoms with E-state index in [4.69, 9.17) is 0 Å². The van der Waals surface area contributed by atoms with E-state index < -0.39 is 0 Å². The summed E-state index contributed by atoms with van der Waals surface area (Å²) in [5.41, 5.74) is 4.44. The van der Waals surface area contributed by atoms with Crippen molar-refractivity contribution in [1.29, 1.82) is 0 Å². The maximum absolute atomic E-state index is 12.7. The van der Waals surface area contributed by atoms with Crippen LogP contribution in [0, 0.1) is 13.8 Å². The highest BCUT2D eigenvalue weighted by atomic mass is 16.2. The SMILES string of the molecule is Cc1ccc2[nH]c3c(=O)n(CC(=O)Nc4ccccc4C)cnc3c2c1. The maximum atomic E-state index is 12.7. The number of rotatable bonds is 3. The molecule has 6 nitrogen and oxygen atoms in total. The molecular formula is C20H18N4O2. The molecule has 0 unspecified atom stereocenters. The Kier molecular flexibility index (Phi) is 3.80. The van der Waals surface area contributed by atoms with Gasteiger partial charge < -0.3 is 10.3 Å². The first-order chi connectivity index (χ1) is 12.5. The van der Waals surface area contributed by atoms with E-state index in [9.17, 15) is 9.59 Å². The largest absolute Gasteiger partial charge is 0.349 e. The number of H-pyrrole nitrogens is 1. The Bertz CT molecular complexity index is 1200. The third-order valence-electron chi connectivity index (χ3n) is 4.46. The molecule has 0 aliphatic carbocycles. The molecule has 0 radical (unpaired) electrons. The Morgan fingerprint density at radius 1 is 1.19 bits per heavy atom. The molecule has 0 spiro atoms. The first kappa shape index (κ1) is 16.1. The van der Waals surface area contributed by atoms with Crippen molar-refractivity contribution in [1.82, 2.24) is 14.5 Å². The summed E-state index contributed by atoms with van der Waals surface area (Å²) in [6.45, 7) is 3.82. The van der Waals surface area contributed by atoms with Crippen LogP contribution >= 0.6 is 0 Å². The molecular weight excluding hydrogens is 328 g/mol. The average Bonchev–Trinajstić information content (AvgIpc) is 2.98. The number of benzene rings is 2. The van der Waals surface area contributed by atoms with Crippen molar-refractivity contribution in [2.75, 3.05) is 5.32 Å². The predicted octanol–water partition coefficient (Wildman–Crippen LogP) is 3.13. The minimum absolute atomic E-state index is 0.0928. The van der Waals surface area contributed by atoms with Crippen LogP contribution in [-0.4, -0.2) is 20.4 Å². The summed E-state index contributed by atoms with van der Waals surface area (Å²) in [4.78, 5) is 32.6. The molecule has 4 aromatic rings. The number of fused-ring (bicyclic) bond motifs is 3. The maximum Gasteiger partial charge on any atom is 0.278 e. The summed E-state index contributed by atoms with van der Waals surface area (Å²) >= 11 is 0. The first-order valence-corrected chi connectivity index (χ1v) is 8.36. The lowest BCUT2D eigenvalue weighted by atomic mass is 10.2. The molecule has 2 heterocycles. The van der Waals surface area contributed by atoms with Crippen molar-refractivity contribution in [3.8, 4) is 0 Å². The van der Waals surface area contributed by atoms with Crippen molar-refractivity contribution in [2.45, 2.75) is 20.4 Å². The molecule has 0 aliphatic rings. The number of carbonyl (C=O) groups excluding carboxylic acids is 1. The Labute approximate surface area is 149 Å². The van der Waals surface area contributed by atoms with Gasteiger partial charge in [0.2, 0.25) is 5.91 Å². The van der Waals surface area contributed by atoms with Gasteiger partial charge in [0.05, 0.1) is 6.33 Å². The van der Waals surface area contributed by atoms with Crippen LogP contribution in [0.3, 0.4) is 0 Å². The third-order valence-corrected chi connectivity index (χ3v) is 4.46. The van der Waals surface area contributed by atoms with Gasteiger partial charge in [-0.2, -0.15) is 0 Å². The number of amides is 1. The van der Waals surface area contributed by atoms with Gasteiger partial charge in [-0.3, -0.25) is 14.2 Å². The lowest BCUT2D eigenvalue weighted by molar-refractivity contribution is -0.116. The normalized spacial score (nSPS) is 11.2. The smallest absolute Gasteiger partial charge is 0.278 e. The highest BCUT2D eigenvalue weighted by Gasteiger charge is 2.13. The zero-order valence-corrected chi connectivity index (χ0v) is 14.5. The number of nitrogens with one attached hydrogen (secondary N) is 2. The van der Waals surface area contributed by atoms with Gasteiger partial charge in [-0.1, -0.05) is 29.8 Å². The topological polar surface area (TPSA) is 79.8 Å². The fourth-order valence-corrected chi connectivity index (χ4v) is 3.07. The van der Waals surface area contributed by atoms with Crippen LogP contribution in [0.4, 0.5) is 5.69 Å². The zero-order chi connectivity index (χ0) is 18.3. The van der Waals surface area contributed by atoms with Crippen LogP contribution in [-0.2, 0) is 11.3 Å². The number of hydrogen-bond donors (Lipinski definition) is 2. The van der Waals surface area contributed by atoms with Gasteiger partial charge in [-0.25, -0.2) is 4.98 Å². The number of anilines is 1. The molecule has 0 bridgehead atoms. The standard InChI is InChI=1S/C20H18N4O2/c1-12-7-8-16-14(9-12)18-19(23-16)20(26)24(11-21-18)10-17(25)22-15-6-4-3-5-13(15)2/h3-9,11,23H,10H2,1-2H3,(H,22,25). The number of aromatic nitrogens is 3. The molecule has 26 heavy (non-hydrogen) atoms. The lowest BCUT2D eigenvalue weighted by Crippen LogP contribution is -2.28. The van der Waals surface area contributed by atoms with Gasteiger partial charge in [-0.05, 0) is 37.6 Å². The highest BCUT2D eigenvalue weighted by molar-refractivity contribution is 6.04. The van der Waals surface area contributed by atoms with E-state index in [0.29, 0.717) is 11.0 Å². The van der Waals surface area contributed by atoms with Crippen molar-refractivity contribution in [3.63, 3.8) is 0 Å². The molecule has 0 atom stereocenters. The number of nitrogens with zero attached hydrogens (tertiary/aromatic N) is 2. The van der Waals surface area contributed by atoms with Crippen molar-refractivity contribution in [3.05, 3.63) is 70.3 Å². The van der Waals surface area contributed by atoms with E-state index in [0.717, 1.165) is 27.7 Å². The number of hydrogen-bond acceptors (Lipinski definition) is 3. The molecule has 6 heteroatoms. The summed E-state index contributed by atoms with van der Waals surface area (Å²) < 4.78 is 1.32. The van der Waals surface area contributed by atoms with Gasteiger partial charge in [0.15, 0.2) is 0 Å². The molecule has 2 N–H and O–H groups in total. The quantitative estimate of drug-likeness (QED) is 0.598. The molecule has 130 valence electrons. The van der Waals surface area contributed by atoms with Crippen LogP contribution in [0.5, 0.6) is 0 Å². The van der Waals surface area contributed by atoms with Gasteiger partial charge in [0.25, 0.3) is 5.56 Å². The van der Waals surface area contributed by atoms with Crippen molar-refractivity contribution >= 4 is 33.5 Å². The lowest BCUT2D eigenvalue weighted by Gasteiger charge is -2.09. The third kappa shape index (κ3) is 2.75. The monoisotopic (exact) mass is 346 g/mol. The minimum atomic E-state index is -0.269. The van der Waals surface area contributed by atoms with E-state index in [2.05, 4.69) is 15.3 Å². The fraction of sp³-hybridized carbons (Fsp3) is 0.150. The second-order valence-corrected chi connectivity index (χ2v) is 6.44. The number of aryl methyl sites for hydroxylation is 2. The van der Waals surface area contributed by atoms with E-state index in [1.54, 1.807) is 0 Å². The van der Waals surface area contributed by atoms with E-state index in [1.807, 2.05) is 56.3 Å². The van der Waals surface area contributed by atoms with E-state index >= 15 is 0 Å². The van der Waals surface area contributed by atoms with Gasteiger partial charge in [0.1, 0.15) is 17.6 Å². The Balaban J connectivity index is 1.68. The van der Waals surface area contributed by atoms with Crippen molar-refractivity contribution in [2.24, 2.45) is 0 Å². The molecule has 0 aliphatic heterocycles. The van der Waals surface area contributed by atoms with Gasteiger partial charge >= 0.3 is 0 Å². The predicted molar refractivity (Wildman–Crippen MR) is 102 cm³/mol. The second-order valence-electron chi connectivity index (χ2n) is 6.44. The average molecular weight is 346 g/mol. The Morgan fingerprint density at radius 3 is 2.81 bits per heavy atom. The fourth-order valence-electron chi connectivity index (χ4n) is 3.07. The minimum Gasteiger partial charge on any atom is -0.349 e. The summed E-state index contributed by atoms with van der Waals surface area (Å²) in [7, 11) is 0. The molecule has 0 fully saturated rings. The second kappa shape index (κ2) is 6.15. The number of aromatic amines is 1. The zero-order valence-electron chi connectivity index (χ0n) is 14.5. The van der Waals surface area contributed by atoms with Crippen LogP contribution in [0.25, 0.3) is 21.9 Å². The molecule has 0 saturated heterocycles. The van der Waals surface area contributed by atoms with Gasteiger partial charge in [-0.15, -0.1) is 0 Å². The summed E-state index contributed by atoms with van der Waals surface area (Å²) in [6, 6.07) is 13.4. The summed E-state index contributed by atoms with van der Waals surface area (Å²) in [5.74, 6) is -0.269. The number of carbonyl (C=O) groups is 1. The van der Waals surface area contributed by atoms with Gasteiger partial charge in [0, 0.05) is 16.6 Å². The molecule has 1 amide bonds. The summed E-state index contributed by atoms with van der Waals surface area (Å²) in [6.07, 6.45) is 1.43. The summed E-state index contributed by atoms with van der Waals surface area (Å²) in [5, 5.41) is 3.74.